The molecule has 148 valence electrons. The fourth-order valence-corrected chi connectivity index (χ4v) is 3.11. The first-order chi connectivity index (χ1) is 12.0. The number of hydrogen-bond acceptors (Lipinski definition) is 3. The Labute approximate surface area is 174 Å². The van der Waals surface area contributed by atoms with Gasteiger partial charge >= 0.3 is 0 Å². The third-order valence-electron chi connectivity index (χ3n) is 4.94. The number of likely N-dealkylation sites (N-methyl/N-ethyl adjacent to an activating group) is 1. The SMILES string of the molecule is CN=C(NCCc1ccc(F)cc1C)NCC(C)N1CCN(C)CC1.I. The summed E-state index contributed by atoms with van der Waals surface area (Å²) in [6, 6.07) is 5.44. The van der Waals surface area contributed by atoms with Crippen molar-refractivity contribution in [3.63, 3.8) is 0 Å². The zero-order valence-corrected chi connectivity index (χ0v) is 18.7. The molecule has 1 aliphatic rings. The zero-order chi connectivity index (χ0) is 18.2. The Bertz CT molecular complexity index is 573. The summed E-state index contributed by atoms with van der Waals surface area (Å²) in [5.74, 6) is 0.644. The van der Waals surface area contributed by atoms with E-state index in [0.29, 0.717) is 6.04 Å². The molecule has 1 atom stereocenters. The number of aliphatic imine (C=N–C) groups is 1. The zero-order valence-electron chi connectivity index (χ0n) is 16.4. The van der Waals surface area contributed by atoms with Gasteiger partial charge in [-0.15, -0.1) is 24.0 Å². The Morgan fingerprint density at radius 3 is 2.54 bits per heavy atom. The van der Waals surface area contributed by atoms with Crippen LogP contribution >= 0.6 is 24.0 Å². The van der Waals surface area contributed by atoms with Crippen LogP contribution in [0.1, 0.15) is 18.1 Å². The molecule has 0 saturated carbocycles. The summed E-state index contributed by atoms with van der Waals surface area (Å²) in [7, 11) is 3.97. The molecule has 0 bridgehead atoms. The van der Waals surface area contributed by atoms with Crippen molar-refractivity contribution >= 4 is 29.9 Å². The number of nitrogens with one attached hydrogen (secondary N) is 2. The van der Waals surface area contributed by atoms with Gasteiger partial charge in [0.15, 0.2) is 5.96 Å². The number of hydrogen-bond donors (Lipinski definition) is 2. The second-order valence-corrected chi connectivity index (χ2v) is 6.89. The van der Waals surface area contributed by atoms with E-state index in [1.165, 1.54) is 6.07 Å². The average molecular weight is 477 g/mol. The molecular weight excluding hydrogens is 444 g/mol. The molecule has 0 spiro atoms. The Kier molecular flexibility index (Phi) is 10.4. The summed E-state index contributed by atoms with van der Waals surface area (Å²) in [5, 5.41) is 6.75. The average Bonchev–Trinajstić information content (AvgIpc) is 2.60. The second kappa shape index (κ2) is 11.7. The number of aryl methyl sites for hydroxylation is 1. The molecule has 1 unspecified atom stereocenters. The van der Waals surface area contributed by atoms with Crippen LogP contribution in [0, 0.1) is 12.7 Å². The molecule has 1 aromatic rings. The molecular formula is C19H33FIN5. The van der Waals surface area contributed by atoms with Crippen molar-refractivity contribution in [1.82, 2.24) is 20.4 Å². The first-order valence-corrected chi connectivity index (χ1v) is 9.11. The van der Waals surface area contributed by atoms with Gasteiger partial charge in [-0.2, -0.15) is 0 Å². The molecule has 1 saturated heterocycles. The van der Waals surface area contributed by atoms with Gasteiger partial charge in [0, 0.05) is 52.4 Å². The maximum Gasteiger partial charge on any atom is 0.191 e. The van der Waals surface area contributed by atoms with E-state index in [0.717, 1.165) is 62.8 Å². The van der Waals surface area contributed by atoms with E-state index in [9.17, 15) is 4.39 Å². The topological polar surface area (TPSA) is 42.9 Å². The molecule has 0 amide bonds. The Morgan fingerprint density at radius 1 is 1.23 bits per heavy atom. The number of halogens is 2. The van der Waals surface area contributed by atoms with Gasteiger partial charge in [0.2, 0.25) is 0 Å². The summed E-state index contributed by atoms with van der Waals surface area (Å²) >= 11 is 0. The van der Waals surface area contributed by atoms with Gasteiger partial charge in [0.1, 0.15) is 5.82 Å². The van der Waals surface area contributed by atoms with Crippen LogP contribution < -0.4 is 10.6 Å². The van der Waals surface area contributed by atoms with E-state index in [4.69, 9.17) is 0 Å². The maximum atomic E-state index is 13.2. The summed E-state index contributed by atoms with van der Waals surface area (Å²) in [6.45, 7) is 10.4. The van der Waals surface area contributed by atoms with Crippen molar-refractivity contribution in [2.24, 2.45) is 4.99 Å². The Balaban J connectivity index is 0.00000338. The van der Waals surface area contributed by atoms with Gasteiger partial charge in [-0.1, -0.05) is 6.07 Å². The largest absolute Gasteiger partial charge is 0.356 e. The van der Waals surface area contributed by atoms with Crippen LogP contribution in [-0.2, 0) is 6.42 Å². The molecule has 5 nitrogen and oxygen atoms in total. The molecule has 0 radical (unpaired) electrons. The van der Waals surface area contributed by atoms with E-state index in [1.54, 1.807) is 13.1 Å². The third-order valence-corrected chi connectivity index (χ3v) is 4.94. The summed E-state index contributed by atoms with van der Waals surface area (Å²) < 4.78 is 13.2. The molecule has 1 fully saturated rings. The van der Waals surface area contributed by atoms with Gasteiger partial charge in [-0.3, -0.25) is 9.89 Å². The van der Waals surface area contributed by atoms with Crippen molar-refractivity contribution in [3.8, 4) is 0 Å². The summed E-state index contributed by atoms with van der Waals surface area (Å²) in [4.78, 5) is 9.18. The van der Waals surface area contributed by atoms with Gasteiger partial charge < -0.3 is 15.5 Å². The number of piperazine rings is 1. The maximum absolute atomic E-state index is 13.2. The van der Waals surface area contributed by atoms with Gasteiger partial charge in [0.05, 0.1) is 0 Å². The second-order valence-electron chi connectivity index (χ2n) is 6.89. The van der Waals surface area contributed by atoms with E-state index < -0.39 is 0 Å². The lowest BCUT2D eigenvalue weighted by Crippen LogP contribution is -2.52. The van der Waals surface area contributed by atoms with Crippen LogP contribution in [0.2, 0.25) is 0 Å². The van der Waals surface area contributed by atoms with Crippen LogP contribution in [0.15, 0.2) is 23.2 Å². The van der Waals surface area contributed by atoms with Crippen LogP contribution in [-0.4, -0.2) is 75.2 Å². The number of rotatable bonds is 6. The van der Waals surface area contributed by atoms with Crippen LogP contribution in [0.4, 0.5) is 4.39 Å². The number of nitrogens with zero attached hydrogens (tertiary/aromatic N) is 3. The Morgan fingerprint density at radius 2 is 1.92 bits per heavy atom. The normalized spacial score (nSPS) is 17.5. The van der Waals surface area contributed by atoms with E-state index in [1.807, 2.05) is 13.0 Å². The molecule has 7 heteroatoms. The highest BCUT2D eigenvalue weighted by molar-refractivity contribution is 14.0. The van der Waals surface area contributed by atoms with E-state index in [-0.39, 0.29) is 29.8 Å². The van der Waals surface area contributed by atoms with E-state index in [2.05, 4.69) is 39.4 Å². The molecule has 2 N–H and O–H groups in total. The van der Waals surface area contributed by atoms with Gasteiger partial charge in [-0.05, 0) is 50.6 Å². The standard InChI is InChI=1S/C19H32FN5.HI/c1-15-13-18(20)6-5-17(15)7-8-22-19(21-3)23-14-16(2)25-11-9-24(4)10-12-25;/h5-6,13,16H,7-12,14H2,1-4H3,(H2,21,22,23);1H. The highest BCUT2D eigenvalue weighted by Gasteiger charge is 2.18. The minimum atomic E-state index is -0.176. The predicted octanol–water partition coefficient (Wildman–Crippen LogP) is 2.10. The minimum Gasteiger partial charge on any atom is -0.356 e. The molecule has 1 aliphatic heterocycles. The van der Waals surface area contributed by atoms with Gasteiger partial charge in [-0.25, -0.2) is 4.39 Å². The lowest BCUT2D eigenvalue weighted by molar-refractivity contribution is 0.120. The van der Waals surface area contributed by atoms with Crippen molar-refractivity contribution < 1.29 is 4.39 Å². The van der Waals surface area contributed by atoms with Gasteiger partial charge in [0.25, 0.3) is 0 Å². The van der Waals surface area contributed by atoms with Crippen molar-refractivity contribution in [1.29, 1.82) is 0 Å². The Hall–Kier alpha value is -0.930. The first kappa shape index (κ1) is 23.1. The highest BCUT2D eigenvalue weighted by Crippen LogP contribution is 2.10. The quantitative estimate of drug-likeness (QED) is 0.374. The fourth-order valence-electron chi connectivity index (χ4n) is 3.11. The van der Waals surface area contributed by atoms with Crippen molar-refractivity contribution in [2.45, 2.75) is 26.3 Å². The molecule has 1 heterocycles. The highest BCUT2D eigenvalue weighted by atomic mass is 127. The van der Waals surface area contributed by atoms with E-state index >= 15 is 0 Å². The molecule has 0 aliphatic carbocycles. The smallest absolute Gasteiger partial charge is 0.191 e. The molecule has 2 rings (SSSR count). The lowest BCUT2D eigenvalue weighted by atomic mass is 10.1. The summed E-state index contributed by atoms with van der Waals surface area (Å²) in [5.41, 5.74) is 2.16. The number of guanidine groups is 1. The minimum absolute atomic E-state index is 0. The lowest BCUT2D eigenvalue weighted by Gasteiger charge is -2.36. The molecule has 1 aromatic carbocycles. The monoisotopic (exact) mass is 477 g/mol. The third kappa shape index (κ3) is 7.36. The molecule has 0 aromatic heterocycles. The molecule has 26 heavy (non-hydrogen) atoms. The fraction of sp³-hybridized carbons (Fsp3) is 0.632. The summed E-state index contributed by atoms with van der Waals surface area (Å²) in [6.07, 6.45) is 0.848. The predicted molar refractivity (Wildman–Crippen MR) is 118 cm³/mol. The first-order valence-electron chi connectivity index (χ1n) is 9.11. The number of benzene rings is 1. The van der Waals surface area contributed by atoms with Crippen LogP contribution in [0.3, 0.4) is 0 Å². The van der Waals surface area contributed by atoms with Crippen LogP contribution in [0.25, 0.3) is 0 Å². The van der Waals surface area contributed by atoms with Crippen LogP contribution in [0.5, 0.6) is 0 Å². The van der Waals surface area contributed by atoms with Crippen molar-refractivity contribution in [3.05, 3.63) is 35.1 Å². The van der Waals surface area contributed by atoms with Crippen molar-refractivity contribution in [2.75, 3.05) is 53.4 Å².